The molecule has 0 saturated carbocycles. The minimum absolute atomic E-state index is 0.0562. The van der Waals surface area contributed by atoms with Gasteiger partial charge in [0.1, 0.15) is 6.61 Å². The van der Waals surface area contributed by atoms with Crippen LogP contribution in [0.3, 0.4) is 0 Å². The van der Waals surface area contributed by atoms with Crippen LogP contribution in [0, 0.1) is 0 Å². The SMILES string of the molecule is CCC(C)N(C(=O)c1ccc([C@](C)(O)C(F)(F)F)cc1)C(CC)CCC(COC(N)=O)c1ccccn1. The van der Waals surface area contributed by atoms with Crippen LogP contribution in [0.25, 0.3) is 0 Å². The maximum Gasteiger partial charge on any atom is 0.421 e. The summed E-state index contributed by atoms with van der Waals surface area (Å²) in [6.45, 7) is 6.59. The first-order valence-electron chi connectivity index (χ1n) is 12.4. The van der Waals surface area contributed by atoms with Crippen molar-refractivity contribution < 1.29 is 32.6 Å². The monoisotopic (exact) mass is 523 g/mol. The molecule has 0 radical (unpaired) electrons. The van der Waals surface area contributed by atoms with Gasteiger partial charge in [-0.25, -0.2) is 4.79 Å². The second kappa shape index (κ2) is 12.9. The van der Waals surface area contributed by atoms with Crippen molar-refractivity contribution in [3.05, 3.63) is 65.5 Å². The fraction of sp³-hybridized carbons (Fsp3) is 0.519. The molecule has 204 valence electrons. The van der Waals surface area contributed by atoms with Crippen molar-refractivity contribution in [2.24, 2.45) is 5.73 Å². The Labute approximate surface area is 215 Å². The third-order valence-electron chi connectivity index (χ3n) is 6.79. The molecular weight excluding hydrogens is 487 g/mol. The van der Waals surface area contributed by atoms with Crippen molar-refractivity contribution in [3.63, 3.8) is 0 Å². The highest BCUT2D eigenvalue weighted by molar-refractivity contribution is 5.94. The zero-order valence-electron chi connectivity index (χ0n) is 21.7. The van der Waals surface area contributed by atoms with Gasteiger partial charge in [-0.3, -0.25) is 9.78 Å². The van der Waals surface area contributed by atoms with Crippen molar-refractivity contribution in [1.29, 1.82) is 0 Å². The molecule has 0 spiro atoms. The lowest BCUT2D eigenvalue weighted by atomic mass is 9.92. The van der Waals surface area contributed by atoms with Crippen molar-refractivity contribution in [2.75, 3.05) is 6.61 Å². The van der Waals surface area contributed by atoms with Crippen LogP contribution in [0.15, 0.2) is 48.7 Å². The van der Waals surface area contributed by atoms with Crippen LogP contribution in [0.4, 0.5) is 18.0 Å². The Morgan fingerprint density at radius 2 is 1.73 bits per heavy atom. The van der Waals surface area contributed by atoms with Crippen molar-refractivity contribution >= 4 is 12.0 Å². The molecule has 0 saturated heterocycles. The summed E-state index contributed by atoms with van der Waals surface area (Å²) in [6.07, 6.45) is -1.61. The fourth-order valence-electron chi connectivity index (χ4n) is 4.22. The van der Waals surface area contributed by atoms with E-state index >= 15 is 0 Å². The number of hydrogen-bond acceptors (Lipinski definition) is 5. The van der Waals surface area contributed by atoms with Crippen LogP contribution in [0.2, 0.25) is 0 Å². The molecule has 1 aromatic heterocycles. The normalized spacial score (nSPS) is 15.8. The number of hydrogen-bond donors (Lipinski definition) is 2. The second-order valence-corrected chi connectivity index (χ2v) is 9.34. The van der Waals surface area contributed by atoms with E-state index in [4.69, 9.17) is 10.5 Å². The van der Waals surface area contributed by atoms with Gasteiger partial charge >= 0.3 is 12.3 Å². The molecule has 4 atom stereocenters. The molecule has 37 heavy (non-hydrogen) atoms. The van der Waals surface area contributed by atoms with Crippen LogP contribution >= 0.6 is 0 Å². The van der Waals surface area contributed by atoms with E-state index in [1.54, 1.807) is 17.2 Å². The Hall–Kier alpha value is -3.14. The van der Waals surface area contributed by atoms with Gasteiger partial charge in [-0.15, -0.1) is 0 Å². The molecule has 3 N–H and O–H groups in total. The Balaban J connectivity index is 2.27. The first kappa shape index (κ1) is 30.1. The first-order chi connectivity index (χ1) is 17.3. The van der Waals surface area contributed by atoms with E-state index in [0.717, 1.165) is 17.8 Å². The maximum atomic E-state index is 13.6. The molecule has 10 heteroatoms. The van der Waals surface area contributed by atoms with Gasteiger partial charge in [0.05, 0.1) is 0 Å². The number of nitrogens with two attached hydrogens (primary N) is 1. The summed E-state index contributed by atoms with van der Waals surface area (Å²) in [6, 6.07) is 10.0. The Bertz CT molecular complexity index is 1010. The Kier molecular flexibility index (Phi) is 10.5. The number of rotatable bonds is 12. The molecule has 0 fully saturated rings. The average molecular weight is 524 g/mol. The highest BCUT2D eigenvalue weighted by atomic mass is 19.4. The third kappa shape index (κ3) is 7.67. The number of ether oxygens (including phenoxy) is 1. The minimum atomic E-state index is -4.85. The van der Waals surface area contributed by atoms with Gasteiger partial charge in [-0.1, -0.05) is 32.0 Å². The number of benzene rings is 1. The molecule has 3 unspecified atom stereocenters. The summed E-state index contributed by atoms with van der Waals surface area (Å²) in [5.41, 5.74) is 2.77. The molecule has 0 aliphatic carbocycles. The number of nitrogens with zero attached hydrogens (tertiary/aromatic N) is 2. The number of aromatic nitrogens is 1. The van der Waals surface area contributed by atoms with Gasteiger partial charge < -0.3 is 20.5 Å². The van der Waals surface area contributed by atoms with Crippen LogP contribution < -0.4 is 5.73 Å². The fourth-order valence-corrected chi connectivity index (χ4v) is 4.22. The number of alkyl halides is 3. The van der Waals surface area contributed by atoms with Crippen LogP contribution in [0.5, 0.6) is 0 Å². The van der Waals surface area contributed by atoms with Gasteiger partial charge in [0.25, 0.3) is 5.91 Å². The van der Waals surface area contributed by atoms with Crippen molar-refractivity contribution in [3.8, 4) is 0 Å². The first-order valence-corrected chi connectivity index (χ1v) is 12.4. The summed E-state index contributed by atoms with van der Waals surface area (Å²) in [4.78, 5) is 30.9. The standard InChI is InChI=1S/C27H36F3N3O4/c1-5-18(3)33(24(34)19-10-13-21(14-11-19)26(4,36)27(28,29)30)22(6-2)15-12-20(17-37-25(31)35)23-9-7-8-16-32-23/h7-11,13-14,16,18,20,22,36H,5-6,12,15,17H2,1-4H3,(H2,31,35)/t18?,20?,22?,26-/m0/s1. The van der Waals surface area contributed by atoms with E-state index in [1.807, 2.05) is 32.9 Å². The topological polar surface area (TPSA) is 106 Å². The number of halogens is 3. The highest BCUT2D eigenvalue weighted by Crippen LogP contribution is 2.38. The average Bonchev–Trinajstić information content (AvgIpc) is 2.87. The highest BCUT2D eigenvalue weighted by Gasteiger charge is 2.51. The van der Waals surface area contributed by atoms with Gasteiger partial charge in [-0.2, -0.15) is 13.2 Å². The molecule has 0 aliphatic rings. The smallest absolute Gasteiger partial charge is 0.421 e. The van der Waals surface area contributed by atoms with Crippen LogP contribution in [0.1, 0.15) is 80.9 Å². The summed E-state index contributed by atoms with van der Waals surface area (Å²) in [5.74, 6) is -0.525. The van der Waals surface area contributed by atoms with E-state index in [-0.39, 0.29) is 41.6 Å². The van der Waals surface area contributed by atoms with E-state index < -0.39 is 17.9 Å². The van der Waals surface area contributed by atoms with Gasteiger partial charge in [0.15, 0.2) is 5.60 Å². The molecule has 7 nitrogen and oxygen atoms in total. The molecule has 0 bridgehead atoms. The number of pyridine rings is 1. The Morgan fingerprint density at radius 1 is 1.08 bits per heavy atom. The van der Waals surface area contributed by atoms with E-state index in [0.29, 0.717) is 32.6 Å². The predicted octanol–water partition coefficient (Wildman–Crippen LogP) is 5.53. The molecule has 1 aromatic carbocycles. The summed E-state index contributed by atoms with van der Waals surface area (Å²) in [5, 5.41) is 9.94. The van der Waals surface area contributed by atoms with Gasteiger partial charge in [0, 0.05) is 35.5 Å². The van der Waals surface area contributed by atoms with Gasteiger partial charge in [0.2, 0.25) is 0 Å². The molecule has 2 rings (SSSR count). The number of primary amides is 1. The largest absolute Gasteiger partial charge is 0.449 e. The van der Waals surface area contributed by atoms with Crippen molar-refractivity contribution in [1.82, 2.24) is 9.88 Å². The van der Waals surface area contributed by atoms with E-state index in [9.17, 15) is 27.9 Å². The van der Waals surface area contributed by atoms with Crippen LogP contribution in [-0.4, -0.2) is 51.9 Å². The third-order valence-corrected chi connectivity index (χ3v) is 6.79. The second-order valence-electron chi connectivity index (χ2n) is 9.34. The maximum absolute atomic E-state index is 13.6. The molecular formula is C27H36F3N3O4. The zero-order valence-corrected chi connectivity index (χ0v) is 21.7. The molecule has 1 heterocycles. The number of carbonyl (C=O) groups excluding carboxylic acids is 2. The van der Waals surface area contributed by atoms with E-state index in [1.165, 1.54) is 12.1 Å². The zero-order chi connectivity index (χ0) is 27.8. The molecule has 0 aliphatic heterocycles. The van der Waals surface area contributed by atoms with Gasteiger partial charge in [-0.05, 0) is 69.4 Å². The van der Waals surface area contributed by atoms with E-state index in [2.05, 4.69) is 4.98 Å². The number of amides is 2. The molecule has 2 aromatic rings. The number of aliphatic hydroxyl groups is 1. The number of carbonyl (C=O) groups is 2. The summed E-state index contributed by atoms with van der Waals surface area (Å²) >= 11 is 0. The lowest BCUT2D eigenvalue weighted by molar-refractivity contribution is -0.258. The Morgan fingerprint density at radius 3 is 2.22 bits per heavy atom. The minimum Gasteiger partial charge on any atom is -0.449 e. The lowest BCUT2D eigenvalue weighted by Gasteiger charge is -2.37. The predicted molar refractivity (Wildman–Crippen MR) is 134 cm³/mol. The quantitative estimate of drug-likeness (QED) is 0.381. The van der Waals surface area contributed by atoms with Crippen molar-refractivity contribution in [2.45, 2.75) is 83.2 Å². The lowest BCUT2D eigenvalue weighted by Crippen LogP contribution is -2.46. The molecule has 2 amide bonds. The summed E-state index contributed by atoms with van der Waals surface area (Å²) < 4.78 is 44.7. The van der Waals surface area contributed by atoms with Crippen LogP contribution in [-0.2, 0) is 10.3 Å². The summed E-state index contributed by atoms with van der Waals surface area (Å²) in [7, 11) is 0.